The van der Waals surface area contributed by atoms with Gasteiger partial charge in [0, 0.05) is 0 Å². The zero-order chi connectivity index (χ0) is 24.7. The topological polar surface area (TPSA) is 128 Å². The van der Waals surface area contributed by atoms with Gasteiger partial charge in [-0.2, -0.15) is 11.8 Å². The summed E-state index contributed by atoms with van der Waals surface area (Å²) in [6, 6.07) is 3.66. The Balaban J connectivity index is 2.32. The number of carbonyl (C=O) groups excluding carboxylic acids is 3. The number of anilines is 2. The molecule has 10 heteroatoms. The van der Waals surface area contributed by atoms with Crippen molar-refractivity contribution in [2.45, 2.75) is 58.7 Å². The van der Waals surface area contributed by atoms with E-state index in [4.69, 9.17) is 0 Å². The fourth-order valence-electron chi connectivity index (χ4n) is 3.76. The Morgan fingerprint density at radius 1 is 1.18 bits per heavy atom. The summed E-state index contributed by atoms with van der Waals surface area (Å²) in [5.41, 5.74) is 1.06. The summed E-state index contributed by atoms with van der Waals surface area (Å²) in [5.74, 6) is -1.83. The van der Waals surface area contributed by atoms with Gasteiger partial charge in [-0.15, -0.1) is 0 Å². The van der Waals surface area contributed by atoms with Crippen molar-refractivity contribution in [1.82, 2.24) is 10.6 Å². The molecule has 4 atom stereocenters. The fourth-order valence-corrected chi connectivity index (χ4v) is 4.23. The maximum Gasteiger partial charge on any atom is 0.326 e. The lowest BCUT2D eigenvalue weighted by Crippen LogP contribution is -2.61. The van der Waals surface area contributed by atoms with Crippen LogP contribution < -0.4 is 20.9 Å². The number of carboxylic acid groups (broad SMARTS) is 1. The van der Waals surface area contributed by atoms with Crippen LogP contribution in [0.2, 0.25) is 0 Å². The average molecular weight is 479 g/mol. The van der Waals surface area contributed by atoms with Gasteiger partial charge < -0.3 is 21.1 Å². The van der Waals surface area contributed by atoms with Crippen LogP contribution in [0.25, 0.3) is 0 Å². The largest absolute Gasteiger partial charge is 0.480 e. The van der Waals surface area contributed by atoms with Crippen molar-refractivity contribution in [2.75, 3.05) is 22.2 Å². The number of aliphatic carboxylic acids is 1. The maximum absolute atomic E-state index is 13.5. The van der Waals surface area contributed by atoms with E-state index in [1.807, 2.05) is 34.0 Å². The molecular weight excluding hydrogens is 444 g/mol. The zero-order valence-corrected chi connectivity index (χ0v) is 20.6. The summed E-state index contributed by atoms with van der Waals surface area (Å²) < 4.78 is 0. The molecule has 2 rings (SSSR count). The molecule has 0 bridgehead atoms. The van der Waals surface area contributed by atoms with Crippen LogP contribution >= 0.6 is 11.8 Å². The minimum absolute atomic E-state index is 0.178. The van der Waals surface area contributed by atoms with E-state index in [-0.39, 0.29) is 24.2 Å². The smallest absolute Gasteiger partial charge is 0.326 e. The Morgan fingerprint density at radius 2 is 1.85 bits per heavy atom. The number of hydrogen-bond acceptors (Lipinski definition) is 5. The predicted octanol–water partition coefficient (Wildman–Crippen LogP) is 2.92. The van der Waals surface area contributed by atoms with E-state index in [9.17, 15) is 24.3 Å². The number of fused-ring (bicyclic) bond motifs is 1. The molecule has 0 fully saturated rings. The number of para-hydroxylation sites is 2. The molecule has 0 saturated heterocycles. The van der Waals surface area contributed by atoms with Crippen LogP contribution in [0.5, 0.6) is 0 Å². The molecule has 4 amide bonds. The van der Waals surface area contributed by atoms with E-state index >= 15 is 0 Å². The van der Waals surface area contributed by atoms with Crippen molar-refractivity contribution < 1.29 is 24.3 Å². The van der Waals surface area contributed by atoms with E-state index in [0.29, 0.717) is 23.5 Å². The standard InChI is InChI=1S/C23H34N4O5S/c1-6-14(4)18(20(28)25-16(22(30)31)11-12-33-5)26-23(32)27-17-10-8-7-9-15(17)24-21(29)19(27)13(2)3/h7-10,13-14,16,18-19H,6,11-12H2,1-5H3,(H,24,29)(H,25,28)(H,26,32)(H,30,31)/t14-,16+,18+,19+/m1/s1. The first-order chi connectivity index (χ1) is 15.6. The molecule has 9 nitrogen and oxygen atoms in total. The fraction of sp³-hybridized carbons (Fsp3) is 0.565. The van der Waals surface area contributed by atoms with Gasteiger partial charge in [-0.25, -0.2) is 9.59 Å². The number of rotatable bonds is 10. The molecule has 0 saturated carbocycles. The van der Waals surface area contributed by atoms with Gasteiger partial charge in [0.1, 0.15) is 18.1 Å². The van der Waals surface area contributed by atoms with E-state index in [2.05, 4.69) is 16.0 Å². The van der Waals surface area contributed by atoms with Crippen LogP contribution in [0.1, 0.15) is 40.5 Å². The Morgan fingerprint density at radius 3 is 2.42 bits per heavy atom. The highest BCUT2D eigenvalue weighted by atomic mass is 32.2. The maximum atomic E-state index is 13.5. The van der Waals surface area contributed by atoms with Crippen LogP contribution in [0.3, 0.4) is 0 Å². The Hall–Kier alpha value is -2.75. The number of amides is 4. The van der Waals surface area contributed by atoms with Crippen molar-refractivity contribution >= 4 is 47.0 Å². The third-order valence-corrected chi connectivity index (χ3v) is 6.46. The van der Waals surface area contributed by atoms with Gasteiger partial charge in [-0.05, 0) is 42.4 Å². The van der Waals surface area contributed by atoms with Crippen LogP contribution in [0.4, 0.5) is 16.2 Å². The lowest BCUT2D eigenvalue weighted by molar-refractivity contribution is -0.142. The first-order valence-corrected chi connectivity index (χ1v) is 12.5. The Bertz CT molecular complexity index is 878. The first-order valence-electron chi connectivity index (χ1n) is 11.1. The van der Waals surface area contributed by atoms with E-state index in [1.165, 1.54) is 16.7 Å². The number of benzene rings is 1. The predicted molar refractivity (Wildman–Crippen MR) is 131 cm³/mol. The number of carbonyl (C=O) groups is 4. The third kappa shape index (κ3) is 6.40. The Kier molecular flexibility index (Phi) is 9.57. The number of carboxylic acids is 1. The SMILES string of the molecule is CC[C@@H](C)[C@H](NC(=O)N1c2ccccc2NC(=O)[C@@H]1C(C)C)C(=O)N[C@@H](CCSC)C(=O)O. The van der Waals surface area contributed by atoms with Crippen molar-refractivity contribution in [2.24, 2.45) is 11.8 Å². The summed E-state index contributed by atoms with van der Waals surface area (Å²) >= 11 is 1.49. The molecule has 0 aliphatic carbocycles. The number of thioether (sulfide) groups is 1. The quantitative estimate of drug-likeness (QED) is 0.409. The highest BCUT2D eigenvalue weighted by Crippen LogP contribution is 2.34. The zero-order valence-electron chi connectivity index (χ0n) is 19.8. The van der Waals surface area contributed by atoms with Gasteiger partial charge in [-0.1, -0.05) is 46.2 Å². The Labute approximate surface area is 199 Å². The number of urea groups is 1. The van der Waals surface area contributed by atoms with Crippen molar-refractivity contribution in [1.29, 1.82) is 0 Å². The lowest BCUT2D eigenvalue weighted by Gasteiger charge is -2.39. The van der Waals surface area contributed by atoms with Gasteiger partial charge in [0.2, 0.25) is 11.8 Å². The van der Waals surface area contributed by atoms with E-state index in [1.54, 1.807) is 24.3 Å². The molecule has 182 valence electrons. The minimum Gasteiger partial charge on any atom is -0.480 e. The summed E-state index contributed by atoms with van der Waals surface area (Å²) in [4.78, 5) is 52.3. The molecule has 1 aromatic rings. The summed E-state index contributed by atoms with van der Waals surface area (Å²) in [6.07, 6.45) is 2.73. The minimum atomic E-state index is -1.12. The average Bonchev–Trinajstić information content (AvgIpc) is 2.77. The van der Waals surface area contributed by atoms with E-state index in [0.717, 1.165) is 0 Å². The molecule has 0 spiro atoms. The first kappa shape index (κ1) is 26.5. The van der Waals surface area contributed by atoms with Gasteiger partial charge in [-0.3, -0.25) is 14.5 Å². The summed E-state index contributed by atoms with van der Waals surface area (Å²) in [6.45, 7) is 7.40. The molecule has 0 radical (unpaired) electrons. The second-order valence-electron chi connectivity index (χ2n) is 8.56. The molecule has 0 unspecified atom stereocenters. The van der Waals surface area contributed by atoms with Crippen LogP contribution in [0, 0.1) is 11.8 Å². The van der Waals surface area contributed by atoms with E-state index < -0.39 is 36.0 Å². The second kappa shape index (κ2) is 11.9. The molecule has 4 N–H and O–H groups in total. The molecule has 33 heavy (non-hydrogen) atoms. The molecule has 1 aliphatic rings. The third-order valence-electron chi connectivity index (χ3n) is 5.82. The van der Waals surface area contributed by atoms with Gasteiger partial charge >= 0.3 is 12.0 Å². The summed E-state index contributed by atoms with van der Waals surface area (Å²) in [7, 11) is 0. The lowest BCUT2D eigenvalue weighted by atomic mass is 9.96. The van der Waals surface area contributed by atoms with Crippen LogP contribution in [0.15, 0.2) is 24.3 Å². The van der Waals surface area contributed by atoms with Crippen molar-refractivity contribution in [3.8, 4) is 0 Å². The molecule has 1 heterocycles. The van der Waals surface area contributed by atoms with Crippen LogP contribution in [-0.2, 0) is 14.4 Å². The van der Waals surface area contributed by atoms with Crippen molar-refractivity contribution in [3.05, 3.63) is 24.3 Å². The van der Waals surface area contributed by atoms with Gasteiger partial charge in [0.25, 0.3) is 0 Å². The highest BCUT2D eigenvalue weighted by molar-refractivity contribution is 7.98. The monoisotopic (exact) mass is 478 g/mol. The highest BCUT2D eigenvalue weighted by Gasteiger charge is 2.40. The molecule has 1 aromatic carbocycles. The number of nitrogens with one attached hydrogen (secondary N) is 3. The normalized spacial score (nSPS) is 18.1. The molecular formula is C23H34N4O5S. The second-order valence-corrected chi connectivity index (χ2v) is 9.54. The van der Waals surface area contributed by atoms with Gasteiger partial charge in [0.05, 0.1) is 11.4 Å². The number of hydrogen-bond donors (Lipinski definition) is 4. The van der Waals surface area contributed by atoms with Gasteiger partial charge in [0.15, 0.2) is 0 Å². The van der Waals surface area contributed by atoms with Crippen LogP contribution in [-0.4, -0.2) is 59.1 Å². The molecule has 0 aromatic heterocycles. The molecule has 1 aliphatic heterocycles. The summed E-state index contributed by atoms with van der Waals surface area (Å²) in [5, 5.41) is 17.7. The number of nitrogens with zero attached hydrogens (tertiary/aromatic N) is 1. The van der Waals surface area contributed by atoms with Crippen molar-refractivity contribution in [3.63, 3.8) is 0 Å².